The van der Waals surface area contributed by atoms with E-state index in [1.807, 2.05) is 72.8 Å². The summed E-state index contributed by atoms with van der Waals surface area (Å²) < 4.78 is 0. The highest BCUT2D eigenvalue weighted by Crippen LogP contribution is 2.27. The molecule has 5 heteroatoms. The van der Waals surface area contributed by atoms with E-state index in [0.29, 0.717) is 16.9 Å². The molecule has 3 aromatic carbocycles. The molecule has 0 atom stereocenters. The summed E-state index contributed by atoms with van der Waals surface area (Å²) in [5.41, 5.74) is 11.1. The molecule has 1 saturated heterocycles. The Morgan fingerprint density at radius 1 is 0.893 bits per heavy atom. The molecule has 0 radical (unpaired) electrons. The molecule has 4 N–H and O–H groups in total. The Labute approximate surface area is 165 Å². The standard InChI is InChI=1S/C23H24N4O/c24-21-11-8-19(17-4-2-1-3-5-17)16-22(21)26-23(28)18-6-9-20(10-7-18)27-14-12-25-13-15-27/h1-11,16,25H,12-15,24H2,(H,26,28). The average molecular weight is 372 g/mol. The van der Waals surface area contributed by atoms with Gasteiger partial charge in [0.15, 0.2) is 0 Å². The fourth-order valence-corrected chi connectivity index (χ4v) is 3.42. The summed E-state index contributed by atoms with van der Waals surface area (Å²) in [7, 11) is 0. The zero-order valence-corrected chi connectivity index (χ0v) is 15.7. The van der Waals surface area contributed by atoms with Gasteiger partial charge in [-0.15, -0.1) is 0 Å². The number of carbonyl (C=O) groups excluding carboxylic acids is 1. The number of hydrogen-bond donors (Lipinski definition) is 3. The number of rotatable bonds is 4. The van der Waals surface area contributed by atoms with Crippen LogP contribution in [0, 0.1) is 0 Å². The summed E-state index contributed by atoms with van der Waals surface area (Å²) in [5.74, 6) is -0.163. The second kappa shape index (κ2) is 8.15. The molecule has 0 saturated carbocycles. The Morgan fingerprint density at radius 2 is 1.61 bits per heavy atom. The first-order valence-corrected chi connectivity index (χ1v) is 9.53. The van der Waals surface area contributed by atoms with Gasteiger partial charge in [0.25, 0.3) is 5.91 Å². The maximum Gasteiger partial charge on any atom is 0.255 e. The van der Waals surface area contributed by atoms with Crippen molar-refractivity contribution >= 4 is 23.0 Å². The van der Waals surface area contributed by atoms with Crippen LogP contribution in [0.2, 0.25) is 0 Å². The van der Waals surface area contributed by atoms with E-state index in [1.165, 1.54) is 0 Å². The number of nitrogens with one attached hydrogen (secondary N) is 2. The highest BCUT2D eigenvalue weighted by atomic mass is 16.1. The lowest BCUT2D eigenvalue weighted by atomic mass is 10.0. The molecule has 3 aromatic rings. The lowest BCUT2D eigenvalue weighted by Crippen LogP contribution is -2.43. The van der Waals surface area contributed by atoms with Gasteiger partial charge in [-0.25, -0.2) is 0 Å². The summed E-state index contributed by atoms with van der Waals surface area (Å²) >= 11 is 0. The fraction of sp³-hybridized carbons (Fsp3) is 0.174. The second-order valence-electron chi connectivity index (χ2n) is 6.91. The third-order valence-corrected chi connectivity index (χ3v) is 5.02. The minimum absolute atomic E-state index is 0.163. The van der Waals surface area contributed by atoms with Crippen molar-refractivity contribution in [3.8, 4) is 11.1 Å². The highest BCUT2D eigenvalue weighted by molar-refractivity contribution is 6.06. The largest absolute Gasteiger partial charge is 0.397 e. The molecule has 1 fully saturated rings. The van der Waals surface area contributed by atoms with Crippen LogP contribution in [-0.2, 0) is 0 Å². The van der Waals surface area contributed by atoms with E-state index in [2.05, 4.69) is 15.5 Å². The van der Waals surface area contributed by atoms with Gasteiger partial charge in [-0.3, -0.25) is 4.79 Å². The van der Waals surface area contributed by atoms with Gasteiger partial charge >= 0.3 is 0 Å². The van der Waals surface area contributed by atoms with Crippen molar-refractivity contribution in [2.45, 2.75) is 0 Å². The summed E-state index contributed by atoms with van der Waals surface area (Å²) in [4.78, 5) is 15.0. The number of benzene rings is 3. The van der Waals surface area contributed by atoms with E-state index in [1.54, 1.807) is 0 Å². The number of amides is 1. The van der Waals surface area contributed by atoms with E-state index in [-0.39, 0.29) is 5.91 Å². The second-order valence-corrected chi connectivity index (χ2v) is 6.91. The van der Waals surface area contributed by atoms with Gasteiger partial charge in [0.05, 0.1) is 11.4 Å². The topological polar surface area (TPSA) is 70.4 Å². The molecular formula is C23H24N4O. The molecule has 4 rings (SSSR count). The van der Waals surface area contributed by atoms with Crippen LogP contribution >= 0.6 is 0 Å². The van der Waals surface area contributed by atoms with Gasteiger partial charge < -0.3 is 21.3 Å². The normalized spacial score (nSPS) is 13.9. The van der Waals surface area contributed by atoms with Crippen molar-refractivity contribution in [1.82, 2.24) is 5.32 Å². The molecular weight excluding hydrogens is 348 g/mol. The molecule has 0 spiro atoms. The van der Waals surface area contributed by atoms with Gasteiger partial charge in [0.1, 0.15) is 0 Å². The van der Waals surface area contributed by atoms with Crippen molar-refractivity contribution in [2.24, 2.45) is 0 Å². The molecule has 0 aliphatic carbocycles. The number of nitrogen functional groups attached to an aromatic ring is 1. The number of nitrogens with zero attached hydrogens (tertiary/aromatic N) is 1. The van der Waals surface area contributed by atoms with E-state index >= 15 is 0 Å². The molecule has 1 heterocycles. The van der Waals surface area contributed by atoms with Crippen LogP contribution in [-0.4, -0.2) is 32.1 Å². The van der Waals surface area contributed by atoms with E-state index < -0.39 is 0 Å². The Kier molecular flexibility index (Phi) is 5.26. The minimum atomic E-state index is -0.163. The zero-order valence-electron chi connectivity index (χ0n) is 15.7. The summed E-state index contributed by atoms with van der Waals surface area (Å²) in [5, 5.41) is 6.29. The van der Waals surface area contributed by atoms with Crippen LogP contribution in [0.5, 0.6) is 0 Å². The Hall–Kier alpha value is -3.31. The number of anilines is 3. The van der Waals surface area contributed by atoms with Crippen molar-refractivity contribution in [1.29, 1.82) is 0 Å². The van der Waals surface area contributed by atoms with Gasteiger partial charge in [0.2, 0.25) is 0 Å². The summed E-state index contributed by atoms with van der Waals surface area (Å²) in [6.07, 6.45) is 0. The maximum absolute atomic E-state index is 12.7. The van der Waals surface area contributed by atoms with Crippen LogP contribution in [0.15, 0.2) is 72.8 Å². The van der Waals surface area contributed by atoms with Crippen molar-refractivity contribution < 1.29 is 4.79 Å². The molecule has 0 unspecified atom stereocenters. The Balaban J connectivity index is 1.50. The zero-order chi connectivity index (χ0) is 19.3. The molecule has 1 aliphatic rings. The Bertz CT molecular complexity index is 948. The SMILES string of the molecule is Nc1ccc(-c2ccccc2)cc1NC(=O)c1ccc(N2CCNCC2)cc1. The number of nitrogens with two attached hydrogens (primary N) is 1. The predicted octanol–water partition coefficient (Wildman–Crippen LogP) is 3.60. The summed E-state index contributed by atoms with van der Waals surface area (Å²) in [6, 6.07) is 23.5. The van der Waals surface area contributed by atoms with E-state index in [4.69, 9.17) is 5.73 Å². The monoisotopic (exact) mass is 372 g/mol. The molecule has 1 aliphatic heterocycles. The first-order valence-electron chi connectivity index (χ1n) is 9.53. The van der Waals surface area contributed by atoms with Crippen LogP contribution in [0.4, 0.5) is 17.1 Å². The Morgan fingerprint density at radius 3 is 2.32 bits per heavy atom. The first-order chi connectivity index (χ1) is 13.7. The van der Waals surface area contributed by atoms with E-state index in [9.17, 15) is 4.79 Å². The van der Waals surface area contributed by atoms with Gasteiger partial charge in [0, 0.05) is 37.4 Å². The van der Waals surface area contributed by atoms with Crippen molar-refractivity contribution in [2.75, 3.05) is 42.1 Å². The van der Waals surface area contributed by atoms with E-state index in [0.717, 1.165) is 43.0 Å². The summed E-state index contributed by atoms with van der Waals surface area (Å²) in [6.45, 7) is 3.93. The van der Waals surface area contributed by atoms with Crippen LogP contribution in [0.25, 0.3) is 11.1 Å². The van der Waals surface area contributed by atoms with Crippen LogP contribution in [0.3, 0.4) is 0 Å². The van der Waals surface area contributed by atoms with Crippen LogP contribution < -0.4 is 21.3 Å². The molecule has 1 amide bonds. The third-order valence-electron chi connectivity index (χ3n) is 5.02. The minimum Gasteiger partial charge on any atom is -0.397 e. The molecule has 142 valence electrons. The van der Waals surface area contributed by atoms with Gasteiger partial charge in [-0.05, 0) is 47.5 Å². The molecule has 28 heavy (non-hydrogen) atoms. The smallest absolute Gasteiger partial charge is 0.255 e. The predicted molar refractivity (Wildman–Crippen MR) is 116 cm³/mol. The van der Waals surface area contributed by atoms with Gasteiger partial charge in [-0.1, -0.05) is 36.4 Å². The molecule has 0 aromatic heterocycles. The number of carbonyl (C=O) groups is 1. The van der Waals surface area contributed by atoms with Crippen molar-refractivity contribution in [3.63, 3.8) is 0 Å². The lowest BCUT2D eigenvalue weighted by Gasteiger charge is -2.29. The van der Waals surface area contributed by atoms with Crippen LogP contribution in [0.1, 0.15) is 10.4 Å². The number of piperazine rings is 1. The third kappa shape index (κ3) is 4.00. The highest BCUT2D eigenvalue weighted by Gasteiger charge is 2.13. The fourth-order valence-electron chi connectivity index (χ4n) is 3.42. The first kappa shape index (κ1) is 18.1. The molecule has 5 nitrogen and oxygen atoms in total. The number of hydrogen-bond acceptors (Lipinski definition) is 4. The van der Waals surface area contributed by atoms with Gasteiger partial charge in [-0.2, -0.15) is 0 Å². The maximum atomic E-state index is 12.7. The quantitative estimate of drug-likeness (QED) is 0.612. The lowest BCUT2D eigenvalue weighted by molar-refractivity contribution is 0.102. The van der Waals surface area contributed by atoms with Crippen molar-refractivity contribution in [3.05, 3.63) is 78.4 Å². The average Bonchev–Trinajstić information content (AvgIpc) is 2.76. The molecule has 0 bridgehead atoms.